The van der Waals surface area contributed by atoms with Crippen molar-refractivity contribution in [3.05, 3.63) is 46.0 Å². The smallest absolute Gasteiger partial charge is 0.311 e. The van der Waals surface area contributed by atoms with Crippen molar-refractivity contribution in [3.63, 3.8) is 0 Å². The van der Waals surface area contributed by atoms with Crippen LogP contribution in [0, 0.1) is 10.1 Å². The Morgan fingerprint density at radius 3 is 2.95 bits per heavy atom. The molecule has 0 aliphatic rings. The summed E-state index contributed by atoms with van der Waals surface area (Å²) >= 11 is 5.68. The number of benzene rings is 1. The summed E-state index contributed by atoms with van der Waals surface area (Å²) in [6.07, 6.45) is 2.36. The Labute approximate surface area is 126 Å². The summed E-state index contributed by atoms with van der Waals surface area (Å²) in [7, 11) is 0. The molecule has 0 fully saturated rings. The second-order valence-corrected chi connectivity index (χ2v) is 4.65. The summed E-state index contributed by atoms with van der Waals surface area (Å²) in [5, 5.41) is 15.1. The molecule has 0 amide bonds. The molecule has 7 nitrogen and oxygen atoms in total. The van der Waals surface area contributed by atoms with Crippen LogP contribution in [-0.2, 0) is 19.0 Å². The largest absolute Gasteiger partial charge is 0.479 e. The molecular formula is C13H15ClN4O3. The van der Waals surface area contributed by atoms with Crippen molar-refractivity contribution in [2.45, 2.75) is 32.4 Å². The molecule has 1 heterocycles. The van der Waals surface area contributed by atoms with Crippen LogP contribution in [0.1, 0.15) is 24.7 Å². The Morgan fingerprint density at radius 2 is 2.29 bits per heavy atom. The third kappa shape index (κ3) is 3.69. The van der Waals surface area contributed by atoms with Gasteiger partial charge in [0.25, 0.3) is 0 Å². The number of aromatic nitrogens is 3. The minimum atomic E-state index is -0.484. The average Bonchev–Trinajstić information content (AvgIpc) is 2.92. The molecule has 0 atom stereocenters. The highest BCUT2D eigenvalue weighted by Crippen LogP contribution is 2.29. The quantitative estimate of drug-likeness (QED) is 0.446. The van der Waals surface area contributed by atoms with Crippen LogP contribution in [0.5, 0.6) is 5.75 Å². The van der Waals surface area contributed by atoms with E-state index in [4.69, 9.17) is 16.3 Å². The predicted octanol–water partition coefficient (Wildman–Crippen LogP) is 2.91. The average molecular weight is 311 g/mol. The van der Waals surface area contributed by atoms with E-state index in [-0.39, 0.29) is 23.9 Å². The first kappa shape index (κ1) is 15.2. The van der Waals surface area contributed by atoms with E-state index < -0.39 is 4.92 Å². The number of alkyl halides is 1. The fraction of sp³-hybridized carbons (Fsp3) is 0.385. The van der Waals surface area contributed by atoms with Gasteiger partial charge in [0.1, 0.15) is 12.9 Å². The van der Waals surface area contributed by atoms with E-state index in [1.54, 1.807) is 16.8 Å². The van der Waals surface area contributed by atoms with Gasteiger partial charge < -0.3 is 4.74 Å². The number of hydrogen-bond donors (Lipinski definition) is 0. The van der Waals surface area contributed by atoms with Gasteiger partial charge in [-0.05, 0) is 18.1 Å². The van der Waals surface area contributed by atoms with Crippen LogP contribution in [0.2, 0.25) is 0 Å². The molecule has 2 rings (SSSR count). The number of ether oxygens (including phenoxy) is 1. The number of nitro groups is 1. The summed E-state index contributed by atoms with van der Waals surface area (Å²) in [5.41, 5.74) is 0.569. The summed E-state index contributed by atoms with van der Waals surface area (Å²) in [6.45, 7) is 2.88. The van der Waals surface area contributed by atoms with Gasteiger partial charge in [-0.25, -0.2) is 9.67 Å². The minimum absolute atomic E-state index is 0.102. The van der Waals surface area contributed by atoms with Gasteiger partial charge in [0.2, 0.25) is 0 Å². The molecule has 0 bridgehead atoms. The number of nitrogens with zero attached hydrogens (tertiary/aromatic N) is 4. The Bertz CT molecular complexity index is 630. The maximum absolute atomic E-state index is 11.1. The minimum Gasteiger partial charge on any atom is -0.479 e. The zero-order valence-corrected chi connectivity index (χ0v) is 12.3. The third-order valence-electron chi connectivity index (χ3n) is 2.86. The maximum Gasteiger partial charge on any atom is 0.311 e. The topological polar surface area (TPSA) is 83.1 Å². The lowest BCUT2D eigenvalue weighted by Crippen LogP contribution is -2.09. The van der Waals surface area contributed by atoms with Gasteiger partial charge in [-0.3, -0.25) is 10.1 Å². The monoisotopic (exact) mass is 310 g/mol. The van der Waals surface area contributed by atoms with E-state index in [1.807, 2.05) is 6.92 Å². The highest BCUT2D eigenvalue weighted by molar-refractivity contribution is 6.17. The molecule has 0 aliphatic carbocycles. The van der Waals surface area contributed by atoms with Crippen LogP contribution in [0.15, 0.2) is 24.5 Å². The second kappa shape index (κ2) is 7.03. The van der Waals surface area contributed by atoms with E-state index in [0.29, 0.717) is 11.4 Å². The van der Waals surface area contributed by atoms with E-state index in [1.165, 1.54) is 12.4 Å². The summed E-state index contributed by atoms with van der Waals surface area (Å²) in [6, 6.07) is 4.67. The van der Waals surface area contributed by atoms with E-state index >= 15 is 0 Å². The van der Waals surface area contributed by atoms with Crippen LogP contribution in [-0.4, -0.2) is 19.7 Å². The van der Waals surface area contributed by atoms with E-state index in [9.17, 15) is 10.1 Å². The molecular weight excluding hydrogens is 296 g/mol. The number of rotatable bonds is 7. The van der Waals surface area contributed by atoms with Crippen LogP contribution in [0.3, 0.4) is 0 Å². The van der Waals surface area contributed by atoms with Gasteiger partial charge in [0.15, 0.2) is 11.6 Å². The summed E-state index contributed by atoms with van der Waals surface area (Å²) in [5.74, 6) is 1.04. The predicted molar refractivity (Wildman–Crippen MR) is 77.3 cm³/mol. The summed E-state index contributed by atoms with van der Waals surface area (Å²) < 4.78 is 7.24. The van der Waals surface area contributed by atoms with Crippen molar-refractivity contribution in [1.82, 2.24) is 14.8 Å². The fourth-order valence-electron chi connectivity index (χ4n) is 1.85. The highest BCUT2D eigenvalue weighted by atomic mass is 35.5. The lowest BCUT2D eigenvalue weighted by atomic mass is 10.2. The molecule has 1 aromatic carbocycles. The second-order valence-electron chi connectivity index (χ2n) is 4.38. The molecule has 0 saturated heterocycles. The molecule has 2 aromatic rings. The van der Waals surface area contributed by atoms with Gasteiger partial charge in [-0.15, -0.1) is 11.6 Å². The van der Waals surface area contributed by atoms with Gasteiger partial charge in [0.05, 0.1) is 4.92 Å². The SMILES string of the molecule is CCCn1ncnc1COc1ccc(CCl)cc1[N+](=O)[O-]. The molecule has 0 saturated carbocycles. The first-order valence-corrected chi connectivity index (χ1v) is 7.02. The van der Waals surface area contributed by atoms with Gasteiger partial charge >= 0.3 is 5.69 Å². The zero-order chi connectivity index (χ0) is 15.2. The van der Waals surface area contributed by atoms with Gasteiger partial charge in [-0.2, -0.15) is 5.10 Å². The van der Waals surface area contributed by atoms with Crippen molar-refractivity contribution in [3.8, 4) is 5.75 Å². The Hall–Kier alpha value is -2.15. The van der Waals surface area contributed by atoms with Crippen molar-refractivity contribution in [1.29, 1.82) is 0 Å². The van der Waals surface area contributed by atoms with Crippen molar-refractivity contribution in [2.75, 3.05) is 0 Å². The van der Waals surface area contributed by atoms with Crippen LogP contribution >= 0.6 is 11.6 Å². The lowest BCUT2D eigenvalue weighted by molar-refractivity contribution is -0.386. The van der Waals surface area contributed by atoms with Crippen LogP contribution in [0.4, 0.5) is 5.69 Å². The summed E-state index contributed by atoms with van der Waals surface area (Å²) in [4.78, 5) is 14.7. The van der Waals surface area contributed by atoms with Crippen LogP contribution in [0.25, 0.3) is 0 Å². The molecule has 0 spiro atoms. The number of halogens is 1. The number of aryl methyl sites for hydroxylation is 1. The van der Waals surface area contributed by atoms with Crippen molar-refractivity contribution >= 4 is 17.3 Å². The third-order valence-corrected chi connectivity index (χ3v) is 3.17. The maximum atomic E-state index is 11.1. The molecule has 8 heteroatoms. The van der Waals surface area contributed by atoms with Gasteiger partial charge in [0, 0.05) is 18.5 Å². The van der Waals surface area contributed by atoms with Crippen molar-refractivity contribution < 1.29 is 9.66 Å². The van der Waals surface area contributed by atoms with Crippen molar-refractivity contribution in [2.24, 2.45) is 0 Å². The Kier molecular flexibility index (Phi) is 5.10. The molecule has 0 N–H and O–H groups in total. The first-order chi connectivity index (χ1) is 10.2. The fourth-order valence-corrected chi connectivity index (χ4v) is 2.02. The number of nitro benzene ring substituents is 1. The highest BCUT2D eigenvalue weighted by Gasteiger charge is 2.17. The molecule has 112 valence electrons. The molecule has 1 aromatic heterocycles. The zero-order valence-electron chi connectivity index (χ0n) is 11.5. The standard InChI is InChI=1S/C13H15ClN4O3/c1-2-5-17-13(15-9-16-17)8-21-12-4-3-10(7-14)6-11(12)18(19)20/h3-4,6,9H,2,5,7-8H2,1H3. The first-order valence-electron chi connectivity index (χ1n) is 6.48. The Morgan fingerprint density at radius 1 is 1.48 bits per heavy atom. The molecule has 21 heavy (non-hydrogen) atoms. The molecule has 0 aliphatic heterocycles. The molecule has 0 radical (unpaired) electrons. The molecule has 0 unspecified atom stereocenters. The van der Waals surface area contributed by atoms with Gasteiger partial charge in [-0.1, -0.05) is 13.0 Å². The number of hydrogen-bond acceptors (Lipinski definition) is 5. The lowest BCUT2D eigenvalue weighted by Gasteiger charge is -2.08. The van der Waals surface area contributed by atoms with E-state index in [2.05, 4.69) is 10.1 Å². The Balaban J connectivity index is 2.15. The van der Waals surface area contributed by atoms with E-state index in [0.717, 1.165) is 13.0 Å². The normalized spacial score (nSPS) is 10.6. The van der Waals surface area contributed by atoms with Crippen LogP contribution < -0.4 is 4.74 Å².